The van der Waals surface area contributed by atoms with Crippen molar-refractivity contribution in [1.29, 1.82) is 0 Å². The molecule has 120 valence electrons. The van der Waals surface area contributed by atoms with Crippen LogP contribution in [0, 0.1) is 17.8 Å². The molecule has 3 aliphatic carbocycles. The first-order valence-electron chi connectivity index (χ1n) is 9.53. The van der Waals surface area contributed by atoms with Crippen molar-refractivity contribution in [3.63, 3.8) is 0 Å². The Balaban J connectivity index is 1.49. The Morgan fingerprint density at radius 3 is 2.38 bits per heavy atom. The van der Waals surface area contributed by atoms with E-state index in [4.69, 9.17) is 5.84 Å². The molecule has 0 aromatic rings. The van der Waals surface area contributed by atoms with Gasteiger partial charge in [0.25, 0.3) is 0 Å². The Morgan fingerprint density at radius 1 is 1.05 bits per heavy atom. The summed E-state index contributed by atoms with van der Waals surface area (Å²) >= 11 is 0. The summed E-state index contributed by atoms with van der Waals surface area (Å²) < 4.78 is 0. The minimum absolute atomic E-state index is 0.396. The van der Waals surface area contributed by atoms with Gasteiger partial charge in [0.05, 0.1) is 0 Å². The van der Waals surface area contributed by atoms with Crippen LogP contribution in [0.15, 0.2) is 0 Å². The highest BCUT2D eigenvalue weighted by molar-refractivity contribution is 5.06. The highest BCUT2D eigenvalue weighted by Crippen LogP contribution is 2.51. The van der Waals surface area contributed by atoms with Gasteiger partial charge in [-0.1, -0.05) is 19.3 Å². The lowest BCUT2D eigenvalue weighted by Gasteiger charge is -2.46. The van der Waals surface area contributed by atoms with E-state index in [-0.39, 0.29) is 0 Å². The van der Waals surface area contributed by atoms with Crippen molar-refractivity contribution in [2.75, 3.05) is 13.1 Å². The van der Waals surface area contributed by atoms with E-state index in [1.807, 2.05) is 0 Å². The van der Waals surface area contributed by atoms with Gasteiger partial charge >= 0.3 is 0 Å². The minimum Gasteiger partial charge on any atom is -0.296 e. The Hall–Kier alpha value is -0.120. The fourth-order valence-electron chi connectivity index (χ4n) is 6.45. The summed E-state index contributed by atoms with van der Waals surface area (Å²) in [7, 11) is 0. The van der Waals surface area contributed by atoms with Crippen LogP contribution in [0.1, 0.15) is 70.6 Å². The molecule has 3 nitrogen and oxygen atoms in total. The van der Waals surface area contributed by atoms with E-state index in [0.29, 0.717) is 11.6 Å². The van der Waals surface area contributed by atoms with Gasteiger partial charge in [-0.05, 0) is 82.2 Å². The van der Waals surface area contributed by atoms with Crippen molar-refractivity contribution in [3.05, 3.63) is 0 Å². The second-order valence-corrected chi connectivity index (χ2v) is 8.39. The molecule has 3 saturated carbocycles. The molecule has 3 heteroatoms. The van der Waals surface area contributed by atoms with Gasteiger partial charge in [0, 0.05) is 11.6 Å². The van der Waals surface area contributed by atoms with Gasteiger partial charge in [0.2, 0.25) is 0 Å². The van der Waals surface area contributed by atoms with Crippen LogP contribution in [0.3, 0.4) is 0 Å². The molecule has 4 unspecified atom stereocenters. The molecular formula is C18H33N3. The van der Waals surface area contributed by atoms with Crippen LogP contribution in [-0.4, -0.2) is 29.6 Å². The smallest absolute Gasteiger partial charge is 0.0397 e. The average Bonchev–Trinajstić information content (AvgIpc) is 3.29. The van der Waals surface area contributed by atoms with Crippen molar-refractivity contribution in [1.82, 2.24) is 10.3 Å². The zero-order chi connectivity index (χ0) is 14.3. The highest BCUT2D eigenvalue weighted by atomic mass is 15.3. The van der Waals surface area contributed by atoms with E-state index >= 15 is 0 Å². The first kappa shape index (κ1) is 14.5. The van der Waals surface area contributed by atoms with E-state index in [9.17, 15) is 0 Å². The zero-order valence-electron chi connectivity index (χ0n) is 13.5. The SMILES string of the molecule is NNC(CC1CC2CCC1C2)C1(N2CCCC2)CCCC1. The number of hydrazine groups is 1. The van der Waals surface area contributed by atoms with Crippen LogP contribution in [0.5, 0.6) is 0 Å². The molecular weight excluding hydrogens is 258 g/mol. The van der Waals surface area contributed by atoms with Gasteiger partial charge in [0.1, 0.15) is 0 Å². The number of hydrogen-bond donors (Lipinski definition) is 2. The summed E-state index contributed by atoms with van der Waals surface area (Å²) in [4.78, 5) is 2.82. The van der Waals surface area contributed by atoms with Gasteiger partial charge < -0.3 is 0 Å². The predicted octanol–water partition coefficient (Wildman–Crippen LogP) is 3.05. The quantitative estimate of drug-likeness (QED) is 0.604. The summed E-state index contributed by atoms with van der Waals surface area (Å²) in [5.41, 5.74) is 3.70. The van der Waals surface area contributed by atoms with Crippen molar-refractivity contribution < 1.29 is 0 Å². The number of nitrogens with zero attached hydrogens (tertiary/aromatic N) is 1. The molecule has 4 atom stereocenters. The van der Waals surface area contributed by atoms with Crippen LogP contribution >= 0.6 is 0 Å². The zero-order valence-corrected chi connectivity index (χ0v) is 13.5. The van der Waals surface area contributed by atoms with Crippen LogP contribution in [0.2, 0.25) is 0 Å². The van der Waals surface area contributed by atoms with Gasteiger partial charge in [-0.2, -0.15) is 0 Å². The molecule has 0 spiro atoms. The Bertz CT molecular complexity index is 357. The molecule has 1 heterocycles. The third-order valence-electron chi connectivity index (χ3n) is 7.48. The van der Waals surface area contributed by atoms with Gasteiger partial charge in [-0.3, -0.25) is 16.2 Å². The summed E-state index contributed by atoms with van der Waals surface area (Å²) in [6, 6.07) is 0.530. The van der Waals surface area contributed by atoms with Crippen molar-refractivity contribution in [2.45, 2.75) is 82.2 Å². The van der Waals surface area contributed by atoms with Crippen LogP contribution in [-0.2, 0) is 0 Å². The monoisotopic (exact) mass is 291 g/mol. The molecule has 4 rings (SSSR count). The third kappa shape index (κ3) is 2.46. The lowest BCUT2D eigenvalue weighted by molar-refractivity contribution is 0.0604. The molecule has 3 N–H and O–H groups in total. The van der Waals surface area contributed by atoms with Crippen molar-refractivity contribution in [2.24, 2.45) is 23.6 Å². The Labute approximate surface area is 130 Å². The summed E-state index contributed by atoms with van der Waals surface area (Å²) in [6.45, 7) is 2.63. The number of fused-ring (bicyclic) bond motifs is 2. The number of nitrogens with one attached hydrogen (secondary N) is 1. The van der Waals surface area contributed by atoms with E-state index in [0.717, 1.165) is 17.8 Å². The maximum atomic E-state index is 6.10. The highest BCUT2D eigenvalue weighted by Gasteiger charge is 2.49. The molecule has 4 fully saturated rings. The first-order valence-corrected chi connectivity index (χ1v) is 9.53. The van der Waals surface area contributed by atoms with Crippen molar-refractivity contribution >= 4 is 0 Å². The maximum Gasteiger partial charge on any atom is 0.0397 e. The molecule has 4 aliphatic rings. The normalized spacial score (nSPS) is 40.1. The molecule has 0 aromatic carbocycles. The lowest BCUT2D eigenvalue weighted by Crippen LogP contribution is -2.61. The van der Waals surface area contributed by atoms with E-state index in [1.54, 1.807) is 0 Å². The number of likely N-dealkylation sites (tertiary alicyclic amines) is 1. The molecule has 1 aliphatic heterocycles. The largest absolute Gasteiger partial charge is 0.296 e. The van der Waals surface area contributed by atoms with E-state index < -0.39 is 0 Å². The molecule has 0 aromatic heterocycles. The molecule has 0 radical (unpaired) electrons. The summed E-state index contributed by atoms with van der Waals surface area (Å²) in [5, 5.41) is 0. The third-order valence-corrected chi connectivity index (χ3v) is 7.48. The molecule has 21 heavy (non-hydrogen) atoms. The van der Waals surface area contributed by atoms with Crippen LogP contribution < -0.4 is 11.3 Å². The van der Waals surface area contributed by atoms with Crippen LogP contribution in [0.25, 0.3) is 0 Å². The predicted molar refractivity (Wildman–Crippen MR) is 86.7 cm³/mol. The average molecular weight is 291 g/mol. The summed E-state index contributed by atoms with van der Waals surface area (Å²) in [5.74, 6) is 9.16. The standard InChI is InChI=1S/C18H33N3/c19-20-17(13-16-12-14-5-6-15(16)11-14)18(7-1-2-8-18)21-9-3-4-10-21/h14-17,20H,1-13,19H2. The van der Waals surface area contributed by atoms with Gasteiger partial charge in [0.15, 0.2) is 0 Å². The topological polar surface area (TPSA) is 41.3 Å². The second kappa shape index (κ2) is 5.82. The number of rotatable bonds is 5. The molecule has 2 bridgehead atoms. The van der Waals surface area contributed by atoms with E-state index in [2.05, 4.69) is 10.3 Å². The minimum atomic E-state index is 0.396. The van der Waals surface area contributed by atoms with Crippen molar-refractivity contribution in [3.8, 4) is 0 Å². The Kier molecular flexibility index (Phi) is 4.01. The van der Waals surface area contributed by atoms with Crippen LogP contribution in [0.4, 0.5) is 0 Å². The first-order chi connectivity index (χ1) is 10.3. The molecule has 1 saturated heterocycles. The second-order valence-electron chi connectivity index (χ2n) is 8.39. The maximum absolute atomic E-state index is 6.10. The van der Waals surface area contributed by atoms with Gasteiger partial charge in [-0.25, -0.2) is 0 Å². The fourth-order valence-corrected chi connectivity index (χ4v) is 6.45. The number of nitrogens with two attached hydrogens (primary N) is 1. The Morgan fingerprint density at radius 2 is 1.81 bits per heavy atom. The number of hydrogen-bond acceptors (Lipinski definition) is 3. The summed E-state index contributed by atoms with van der Waals surface area (Å²) in [6.07, 6.45) is 15.7. The fraction of sp³-hybridized carbons (Fsp3) is 1.00. The van der Waals surface area contributed by atoms with E-state index in [1.165, 1.54) is 83.7 Å². The van der Waals surface area contributed by atoms with Gasteiger partial charge in [-0.15, -0.1) is 0 Å². The molecule has 0 amide bonds. The lowest BCUT2D eigenvalue weighted by atomic mass is 9.77.